The van der Waals surface area contributed by atoms with E-state index in [1.807, 2.05) is 30.3 Å². The van der Waals surface area contributed by atoms with Gasteiger partial charge in [-0.05, 0) is 30.7 Å². The second-order valence-electron chi connectivity index (χ2n) is 7.41. The van der Waals surface area contributed by atoms with Gasteiger partial charge in [-0.3, -0.25) is 0 Å². The van der Waals surface area contributed by atoms with Crippen LogP contribution < -0.4 is 5.32 Å². The summed E-state index contributed by atoms with van der Waals surface area (Å²) in [6.45, 7) is 8.15. The van der Waals surface area contributed by atoms with E-state index in [1.165, 1.54) is 11.1 Å². The fraction of sp³-hybridized carbons (Fsp3) is 0.364. The van der Waals surface area contributed by atoms with Crippen molar-refractivity contribution in [2.75, 3.05) is 0 Å². The molecule has 2 nitrogen and oxygen atoms in total. The molecule has 0 spiro atoms. The summed E-state index contributed by atoms with van der Waals surface area (Å²) in [6, 6.07) is 16.2. The SMILES string of the molecule is C=CCC1(O)[C@H](C)[C@H](c2ccc(Cl)cc2)[NH2+][C@H](c2ccc(Cl)cc2)[C@@H]1C. The number of piperidine rings is 1. The van der Waals surface area contributed by atoms with Crippen molar-refractivity contribution in [2.24, 2.45) is 11.8 Å². The summed E-state index contributed by atoms with van der Waals surface area (Å²) < 4.78 is 0. The first-order chi connectivity index (χ1) is 12.4. The van der Waals surface area contributed by atoms with Gasteiger partial charge in [-0.1, -0.05) is 67.4 Å². The summed E-state index contributed by atoms with van der Waals surface area (Å²) in [7, 11) is 0. The Labute approximate surface area is 165 Å². The van der Waals surface area contributed by atoms with Gasteiger partial charge >= 0.3 is 0 Å². The van der Waals surface area contributed by atoms with Gasteiger partial charge in [0, 0.05) is 33.0 Å². The third-order valence-corrected chi connectivity index (χ3v) is 6.55. The summed E-state index contributed by atoms with van der Waals surface area (Å²) >= 11 is 12.1. The lowest BCUT2D eigenvalue weighted by Crippen LogP contribution is -2.93. The highest BCUT2D eigenvalue weighted by Gasteiger charge is 2.53. The number of hydrogen-bond acceptors (Lipinski definition) is 1. The first-order valence-electron chi connectivity index (χ1n) is 9.06. The van der Waals surface area contributed by atoms with Gasteiger partial charge < -0.3 is 10.4 Å². The zero-order valence-corrected chi connectivity index (χ0v) is 16.7. The molecule has 1 aliphatic rings. The van der Waals surface area contributed by atoms with Crippen LogP contribution in [0.3, 0.4) is 0 Å². The molecular weight excluding hydrogens is 365 g/mol. The van der Waals surface area contributed by atoms with E-state index in [1.54, 1.807) is 0 Å². The molecule has 0 aromatic heterocycles. The summed E-state index contributed by atoms with van der Waals surface area (Å²) in [6.07, 6.45) is 2.40. The first kappa shape index (κ1) is 19.4. The van der Waals surface area contributed by atoms with Gasteiger partial charge in [0.1, 0.15) is 12.1 Å². The highest BCUT2D eigenvalue weighted by Crippen LogP contribution is 2.44. The van der Waals surface area contributed by atoms with Crippen LogP contribution in [0.4, 0.5) is 0 Å². The van der Waals surface area contributed by atoms with Crippen molar-refractivity contribution in [1.29, 1.82) is 0 Å². The second kappa shape index (κ2) is 7.74. The predicted molar refractivity (Wildman–Crippen MR) is 108 cm³/mol. The van der Waals surface area contributed by atoms with Gasteiger partial charge in [0.25, 0.3) is 0 Å². The predicted octanol–water partition coefficient (Wildman–Crippen LogP) is 4.93. The Morgan fingerprint density at radius 1 is 0.923 bits per heavy atom. The molecule has 1 heterocycles. The second-order valence-corrected chi connectivity index (χ2v) is 8.28. The molecule has 0 aliphatic carbocycles. The van der Waals surface area contributed by atoms with Gasteiger partial charge in [-0.2, -0.15) is 0 Å². The van der Waals surface area contributed by atoms with Crippen LogP contribution in [0.5, 0.6) is 0 Å². The van der Waals surface area contributed by atoms with Crippen LogP contribution in [0.15, 0.2) is 61.2 Å². The average molecular weight is 391 g/mol. The van der Waals surface area contributed by atoms with Gasteiger partial charge in [0.15, 0.2) is 0 Å². The Hall–Kier alpha value is -1.32. The summed E-state index contributed by atoms with van der Waals surface area (Å²) in [5.74, 6) is 0.139. The van der Waals surface area contributed by atoms with Crippen molar-refractivity contribution < 1.29 is 10.4 Å². The quantitative estimate of drug-likeness (QED) is 0.713. The van der Waals surface area contributed by atoms with E-state index < -0.39 is 5.60 Å². The number of quaternary nitrogens is 1. The lowest BCUT2D eigenvalue weighted by atomic mass is 9.65. The molecule has 5 atom stereocenters. The maximum Gasteiger partial charge on any atom is 0.117 e. The fourth-order valence-corrected chi connectivity index (χ4v) is 4.62. The average Bonchev–Trinajstić information content (AvgIpc) is 2.63. The lowest BCUT2D eigenvalue weighted by molar-refractivity contribution is -0.764. The number of benzene rings is 2. The molecule has 3 rings (SSSR count). The molecule has 26 heavy (non-hydrogen) atoms. The van der Waals surface area contributed by atoms with Crippen molar-refractivity contribution in [1.82, 2.24) is 0 Å². The molecule has 1 aliphatic heterocycles. The third kappa shape index (κ3) is 3.57. The topological polar surface area (TPSA) is 36.8 Å². The van der Waals surface area contributed by atoms with E-state index in [2.05, 4.69) is 50.0 Å². The Balaban J connectivity index is 2.03. The zero-order valence-electron chi connectivity index (χ0n) is 15.2. The Kier molecular flexibility index (Phi) is 5.78. The van der Waals surface area contributed by atoms with E-state index in [-0.39, 0.29) is 23.9 Å². The highest BCUT2D eigenvalue weighted by molar-refractivity contribution is 6.30. The van der Waals surface area contributed by atoms with Crippen molar-refractivity contribution >= 4 is 23.2 Å². The minimum absolute atomic E-state index is 0.0697. The molecule has 138 valence electrons. The molecule has 1 fully saturated rings. The minimum Gasteiger partial charge on any atom is -0.388 e. The monoisotopic (exact) mass is 390 g/mol. The van der Waals surface area contributed by atoms with Gasteiger partial charge in [0.05, 0.1) is 5.60 Å². The van der Waals surface area contributed by atoms with Gasteiger partial charge in [-0.25, -0.2) is 0 Å². The zero-order chi connectivity index (χ0) is 18.9. The largest absolute Gasteiger partial charge is 0.388 e. The Bertz CT molecular complexity index is 699. The van der Waals surface area contributed by atoms with Crippen LogP contribution in [-0.4, -0.2) is 10.7 Å². The number of hydrogen-bond donors (Lipinski definition) is 2. The van der Waals surface area contributed by atoms with Crippen molar-refractivity contribution in [3.63, 3.8) is 0 Å². The van der Waals surface area contributed by atoms with Crippen LogP contribution in [0.25, 0.3) is 0 Å². The van der Waals surface area contributed by atoms with Crippen LogP contribution in [0, 0.1) is 11.8 Å². The smallest absolute Gasteiger partial charge is 0.117 e. The molecule has 2 aromatic rings. The molecule has 0 bridgehead atoms. The van der Waals surface area contributed by atoms with Crippen molar-refractivity contribution in [2.45, 2.75) is 38.0 Å². The molecule has 4 heteroatoms. The molecule has 2 aromatic carbocycles. The number of rotatable bonds is 4. The van der Waals surface area contributed by atoms with Gasteiger partial charge in [-0.15, -0.1) is 6.58 Å². The molecule has 1 saturated heterocycles. The maximum absolute atomic E-state index is 11.6. The number of aliphatic hydroxyl groups is 1. The van der Waals surface area contributed by atoms with Gasteiger partial charge in [0.2, 0.25) is 0 Å². The summed E-state index contributed by atoms with van der Waals surface area (Å²) in [5.41, 5.74) is 1.52. The van der Waals surface area contributed by atoms with Crippen LogP contribution >= 0.6 is 23.2 Å². The van der Waals surface area contributed by atoms with Crippen molar-refractivity contribution in [3.05, 3.63) is 82.4 Å². The van der Waals surface area contributed by atoms with Crippen LogP contribution in [0.1, 0.15) is 43.5 Å². The molecule has 0 amide bonds. The minimum atomic E-state index is -0.828. The molecule has 3 N–H and O–H groups in total. The Morgan fingerprint density at radius 2 is 1.31 bits per heavy atom. The standard InChI is InChI=1S/C22H25Cl2NO/c1-4-13-22(26)14(2)20(16-5-9-18(23)10-6-16)25-21(15(22)3)17-7-11-19(24)12-8-17/h4-12,14-15,20-21,25-26H,1,13H2,2-3H3/p+1/t14-,15+,20-,21+,22?. The molecule has 0 radical (unpaired) electrons. The molecular formula is C22H26Cl2NO+. The maximum atomic E-state index is 11.6. The molecule has 1 unspecified atom stereocenters. The number of nitrogens with two attached hydrogens (primary N) is 1. The van der Waals surface area contributed by atoms with E-state index >= 15 is 0 Å². The third-order valence-electron chi connectivity index (χ3n) is 6.05. The summed E-state index contributed by atoms with van der Waals surface area (Å²) in [5, 5.41) is 15.5. The normalized spacial score (nSPS) is 31.6. The highest BCUT2D eigenvalue weighted by atomic mass is 35.5. The van der Waals surface area contributed by atoms with E-state index in [0.717, 1.165) is 10.0 Å². The van der Waals surface area contributed by atoms with E-state index in [9.17, 15) is 5.11 Å². The van der Waals surface area contributed by atoms with Crippen LogP contribution in [0.2, 0.25) is 10.0 Å². The lowest BCUT2D eigenvalue weighted by Gasteiger charge is -2.49. The van der Waals surface area contributed by atoms with Crippen molar-refractivity contribution in [3.8, 4) is 0 Å². The molecule has 0 saturated carbocycles. The van der Waals surface area contributed by atoms with E-state index in [0.29, 0.717) is 6.42 Å². The van der Waals surface area contributed by atoms with E-state index in [4.69, 9.17) is 23.2 Å². The summed E-state index contributed by atoms with van der Waals surface area (Å²) in [4.78, 5) is 0. The number of halogens is 2. The fourth-order valence-electron chi connectivity index (χ4n) is 4.37. The first-order valence-corrected chi connectivity index (χ1v) is 9.81. The van der Waals surface area contributed by atoms with Crippen LogP contribution in [-0.2, 0) is 0 Å². The Morgan fingerprint density at radius 3 is 1.65 bits per heavy atom.